The zero-order chi connectivity index (χ0) is 10.3. The number of carbonyl (C=O) groups is 1. The predicted molar refractivity (Wildman–Crippen MR) is 60.9 cm³/mol. The van der Waals surface area contributed by atoms with Crippen LogP contribution in [0.15, 0.2) is 42.5 Å². The summed E-state index contributed by atoms with van der Waals surface area (Å²) in [6.07, 6.45) is 1.78. The molecule has 1 unspecified atom stereocenters. The standard InChI is InChI=1S/C14H12O/c15-14-9-8-13(14)12-7-3-5-10-4-1-2-6-11(10)12/h1-7,13H,8-9H2. The Labute approximate surface area is 88.7 Å². The summed E-state index contributed by atoms with van der Waals surface area (Å²) in [5.74, 6) is 0.558. The lowest BCUT2D eigenvalue weighted by atomic mass is 9.77. The Morgan fingerprint density at radius 3 is 2.53 bits per heavy atom. The molecular weight excluding hydrogens is 184 g/mol. The van der Waals surface area contributed by atoms with Crippen LogP contribution in [0, 0.1) is 0 Å². The van der Waals surface area contributed by atoms with E-state index in [9.17, 15) is 4.79 Å². The van der Waals surface area contributed by atoms with Crippen molar-refractivity contribution < 1.29 is 4.79 Å². The molecule has 0 aliphatic heterocycles. The fourth-order valence-corrected chi connectivity index (χ4v) is 2.29. The molecule has 0 amide bonds. The average Bonchev–Trinajstić information content (AvgIpc) is 2.28. The van der Waals surface area contributed by atoms with Crippen molar-refractivity contribution in [3.05, 3.63) is 48.0 Å². The second-order valence-corrected chi connectivity index (χ2v) is 4.13. The Bertz CT molecular complexity index is 522. The summed E-state index contributed by atoms with van der Waals surface area (Å²) in [4.78, 5) is 11.5. The lowest BCUT2D eigenvalue weighted by molar-refractivity contribution is -0.125. The Kier molecular flexibility index (Phi) is 1.84. The molecule has 1 atom stereocenters. The third-order valence-electron chi connectivity index (χ3n) is 3.27. The molecule has 1 nitrogen and oxygen atoms in total. The first-order chi connectivity index (χ1) is 7.36. The molecule has 0 radical (unpaired) electrons. The summed E-state index contributed by atoms with van der Waals surface area (Å²) in [5, 5.41) is 2.47. The van der Waals surface area contributed by atoms with Crippen molar-refractivity contribution in [2.45, 2.75) is 18.8 Å². The fraction of sp³-hybridized carbons (Fsp3) is 0.214. The van der Waals surface area contributed by atoms with Gasteiger partial charge in [0.1, 0.15) is 5.78 Å². The highest BCUT2D eigenvalue weighted by Gasteiger charge is 2.30. The van der Waals surface area contributed by atoms with E-state index in [0.29, 0.717) is 5.78 Å². The van der Waals surface area contributed by atoms with Crippen molar-refractivity contribution >= 4 is 16.6 Å². The van der Waals surface area contributed by atoms with Gasteiger partial charge in [-0.05, 0) is 22.8 Å². The van der Waals surface area contributed by atoms with Crippen LogP contribution in [-0.2, 0) is 4.79 Å². The van der Waals surface area contributed by atoms with E-state index in [0.717, 1.165) is 12.8 Å². The van der Waals surface area contributed by atoms with Crippen molar-refractivity contribution in [1.82, 2.24) is 0 Å². The fourth-order valence-electron chi connectivity index (χ4n) is 2.29. The lowest BCUT2D eigenvalue weighted by Crippen LogP contribution is -2.23. The minimum Gasteiger partial charge on any atom is -0.299 e. The van der Waals surface area contributed by atoms with Crippen LogP contribution in [0.4, 0.5) is 0 Å². The predicted octanol–water partition coefficient (Wildman–Crippen LogP) is 3.29. The highest BCUT2D eigenvalue weighted by Crippen LogP contribution is 2.36. The van der Waals surface area contributed by atoms with Crippen molar-refractivity contribution in [3.8, 4) is 0 Å². The van der Waals surface area contributed by atoms with Gasteiger partial charge >= 0.3 is 0 Å². The maximum atomic E-state index is 11.5. The second-order valence-electron chi connectivity index (χ2n) is 4.13. The van der Waals surface area contributed by atoms with Crippen molar-refractivity contribution in [2.24, 2.45) is 0 Å². The molecule has 2 aromatic carbocycles. The highest BCUT2D eigenvalue weighted by atomic mass is 16.1. The molecule has 3 rings (SSSR count). The quantitative estimate of drug-likeness (QED) is 0.684. The van der Waals surface area contributed by atoms with Crippen LogP contribution in [0.2, 0.25) is 0 Å². The molecule has 2 aromatic rings. The zero-order valence-electron chi connectivity index (χ0n) is 8.44. The largest absolute Gasteiger partial charge is 0.299 e. The van der Waals surface area contributed by atoms with Crippen molar-refractivity contribution in [1.29, 1.82) is 0 Å². The van der Waals surface area contributed by atoms with Crippen LogP contribution in [-0.4, -0.2) is 5.78 Å². The van der Waals surface area contributed by atoms with Crippen LogP contribution < -0.4 is 0 Å². The van der Waals surface area contributed by atoms with E-state index in [2.05, 4.69) is 24.3 Å². The molecule has 0 aromatic heterocycles. The minimum absolute atomic E-state index is 0.163. The maximum Gasteiger partial charge on any atom is 0.140 e. The van der Waals surface area contributed by atoms with Crippen LogP contribution in [0.5, 0.6) is 0 Å². The molecule has 1 heteroatoms. The topological polar surface area (TPSA) is 17.1 Å². The van der Waals surface area contributed by atoms with Gasteiger partial charge in [0, 0.05) is 12.3 Å². The Balaban J connectivity index is 2.21. The molecular formula is C14H12O. The van der Waals surface area contributed by atoms with Crippen molar-refractivity contribution in [3.63, 3.8) is 0 Å². The lowest BCUT2D eigenvalue weighted by Gasteiger charge is -2.25. The number of carbonyl (C=O) groups excluding carboxylic acids is 1. The van der Waals surface area contributed by atoms with Crippen molar-refractivity contribution in [2.75, 3.05) is 0 Å². The number of rotatable bonds is 1. The number of benzene rings is 2. The molecule has 0 bridgehead atoms. The summed E-state index contributed by atoms with van der Waals surface area (Å²) in [6, 6.07) is 14.5. The van der Waals surface area contributed by atoms with Gasteiger partial charge in [0.25, 0.3) is 0 Å². The van der Waals surface area contributed by atoms with Gasteiger partial charge in [-0.25, -0.2) is 0 Å². The molecule has 1 aliphatic carbocycles. The molecule has 0 N–H and O–H groups in total. The summed E-state index contributed by atoms with van der Waals surface area (Å²) < 4.78 is 0. The van der Waals surface area contributed by atoms with Crippen LogP contribution in [0.3, 0.4) is 0 Å². The van der Waals surface area contributed by atoms with Gasteiger partial charge in [-0.3, -0.25) is 4.79 Å². The average molecular weight is 196 g/mol. The van der Waals surface area contributed by atoms with Gasteiger partial charge in [-0.2, -0.15) is 0 Å². The van der Waals surface area contributed by atoms with Gasteiger partial charge in [-0.1, -0.05) is 42.5 Å². The zero-order valence-corrected chi connectivity index (χ0v) is 8.44. The SMILES string of the molecule is O=C1CCC1c1cccc2ccccc12. The number of fused-ring (bicyclic) bond motifs is 1. The van der Waals surface area contributed by atoms with Crippen LogP contribution in [0.1, 0.15) is 24.3 Å². The smallest absolute Gasteiger partial charge is 0.140 e. The Morgan fingerprint density at radius 1 is 1.00 bits per heavy atom. The molecule has 1 fully saturated rings. The third-order valence-corrected chi connectivity index (χ3v) is 3.27. The maximum absolute atomic E-state index is 11.5. The first-order valence-corrected chi connectivity index (χ1v) is 5.36. The first-order valence-electron chi connectivity index (χ1n) is 5.36. The second kappa shape index (κ2) is 3.20. The minimum atomic E-state index is 0.163. The van der Waals surface area contributed by atoms with Gasteiger partial charge in [0.05, 0.1) is 0 Å². The summed E-state index contributed by atoms with van der Waals surface area (Å²) in [7, 11) is 0. The van der Waals surface area contributed by atoms with E-state index in [1.54, 1.807) is 0 Å². The molecule has 15 heavy (non-hydrogen) atoms. The molecule has 0 spiro atoms. The number of hydrogen-bond donors (Lipinski definition) is 0. The van der Waals surface area contributed by atoms with E-state index in [1.165, 1.54) is 16.3 Å². The van der Waals surface area contributed by atoms with E-state index in [-0.39, 0.29) is 5.92 Å². The Morgan fingerprint density at radius 2 is 1.80 bits per heavy atom. The summed E-state index contributed by atoms with van der Waals surface area (Å²) in [5.41, 5.74) is 1.21. The normalized spacial score (nSPS) is 20.3. The van der Waals surface area contributed by atoms with Gasteiger partial charge < -0.3 is 0 Å². The molecule has 74 valence electrons. The molecule has 1 aliphatic rings. The monoisotopic (exact) mass is 196 g/mol. The Hall–Kier alpha value is -1.63. The first kappa shape index (κ1) is 8.66. The van der Waals surface area contributed by atoms with Crippen LogP contribution >= 0.6 is 0 Å². The van der Waals surface area contributed by atoms with E-state index < -0.39 is 0 Å². The molecule has 0 saturated heterocycles. The number of hydrogen-bond acceptors (Lipinski definition) is 1. The van der Waals surface area contributed by atoms with E-state index in [1.807, 2.05) is 18.2 Å². The van der Waals surface area contributed by atoms with Gasteiger partial charge in [0.15, 0.2) is 0 Å². The highest BCUT2D eigenvalue weighted by molar-refractivity contribution is 5.97. The number of Topliss-reactive ketones (excluding diaryl/α,β-unsaturated/α-hetero) is 1. The third kappa shape index (κ3) is 1.27. The van der Waals surface area contributed by atoms with Gasteiger partial charge in [0.2, 0.25) is 0 Å². The number of ketones is 1. The summed E-state index contributed by atoms with van der Waals surface area (Å²) in [6.45, 7) is 0. The van der Waals surface area contributed by atoms with Crippen LogP contribution in [0.25, 0.3) is 10.8 Å². The van der Waals surface area contributed by atoms with E-state index >= 15 is 0 Å². The summed E-state index contributed by atoms with van der Waals surface area (Å²) >= 11 is 0. The molecule has 1 saturated carbocycles. The van der Waals surface area contributed by atoms with Gasteiger partial charge in [-0.15, -0.1) is 0 Å². The molecule has 0 heterocycles. The van der Waals surface area contributed by atoms with E-state index in [4.69, 9.17) is 0 Å².